The Morgan fingerprint density at radius 2 is 1.46 bits per heavy atom. The Bertz CT molecular complexity index is 1070. The molecular formula is C27H40N2O5S. The molecule has 0 saturated heterocycles. The first-order valence-electron chi connectivity index (χ1n) is 12.9. The van der Waals surface area contributed by atoms with Crippen molar-refractivity contribution in [3.05, 3.63) is 28.3 Å². The van der Waals surface area contributed by atoms with Crippen LogP contribution in [0.4, 0.5) is 0 Å². The number of benzene rings is 1. The third-order valence-electron chi connectivity index (χ3n) is 8.98. The van der Waals surface area contributed by atoms with E-state index in [0.29, 0.717) is 11.1 Å². The van der Waals surface area contributed by atoms with Crippen molar-refractivity contribution in [2.75, 3.05) is 6.61 Å². The van der Waals surface area contributed by atoms with Gasteiger partial charge in [0, 0.05) is 6.04 Å². The van der Waals surface area contributed by atoms with Gasteiger partial charge in [-0.1, -0.05) is 6.07 Å². The molecule has 4 aliphatic carbocycles. The maximum atomic E-state index is 13.1. The Labute approximate surface area is 209 Å². The summed E-state index contributed by atoms with van der Waals surface area (Å²) in [5.41, 5.74) is 3.21. The Morgan fingerprint density at radius 3 is 1.94 bits per heavy atom. The van der Waals surface area contributed by atoms with Crippen molar-refractivity contribution in [2.45, 2.75) is 97.0 Å². The zero-order chi connectivity index (χ0) is 25.7. The number of amides is 1. The SMILES string of the molecule is Cc1cc(C)c(C)c(S(=O)(=O)N[C@@H](C)C(=O)OCC(=O)N[C@H](C)C23CC4CC(CC(C4)C2)C3)c1C. The fraction of sp³-hybridized carbons (Fsp3) is 0.704. The van der Waals surface area contributed by atoms with E-state index in [1.54, 1.807) is 13.8 Å². The number of ether oxygens (including phenoxy) is 1. The number of esters is 1. The maximum absolute atomic E-state index is 13.1. The van der Waals surface area contributed by atoms with Crippen molar-refractivity contribution in [1.82, 2.24) is 10.0 Å². The largest absolute Gasteiger partial charge is 0.454 e. The van der Waals surface area contributed by atoms with Crippen molar-refractivity contribution in [3.63, 3.8) is 0 Å². The minimum absolute atomic E-state index is 0.0357. The zero-order valence-electron chi connectivity index (χ0n) is 21.9. The van der Waals surface area contributed by atoms with Crippen LogP contribution in [0.25, 0.3) is 0 Å². The fourth-order valence-corrected chi connectivity index (χ4v) is 9.14. The zero-order valence-corrected chi connectivity index (χ0v) is 22.7. The molecule has 4 aliphatic rings. The normalized spacial score (nSPS) is 29.0. The average molecular weight is 505 g/mol. The van der Waals surface area contributed by atoms with Gasteiger partial charge in [0.1, 0.15) is 6.04 Å². The molecule has 0 aliphatic heterocycles. The second-order valence-electron chi connectivity index (χ2n) is 11.6. The highest BCUT2D eigenvalue weighted by atomic mass is 32.2. The van der Waals surface area contributed by atoms with Crippen molar-refractivity contribution in [1.29, 1.82) is 0 Å². The predicted molar refractivity (Wildman–Crippen MR) is 134 cm³/mol. The van der Waals surface area contributed by atoms with Crippen LogP contribution in [0.1, 0.15) is 74.6 Å². The van der Waals surface area contributed by atoms with Gasteiger partial charge in [-0.05, 0) is 125 Å². The Balaban J connectivity index is 1.32. The topological polar surface area (TPSA) is 102 Å². The molecule has 0 spiro atoms. The van der Waals surface area contributed by atoms with Gasteiger partial charge in [0.05, 0.1) is 4.90 Å². The molecule has 2 N–H and O–H groups in total. The predicted octanol–water partition coefficient (Wildman–Crippen LogP) is 3.85. The monoisotopic (exact) mass is 504 g/mol. The number of carbonyl (C=O) groups excluding carboxylic acids is 2. The molecule has 0 radical (unpaired) electrons. The summed E-state index contributed by atoms with van der Waals surface area (Å²) >= 11 is 0. The second kappa shape index (κ2) is 9.51. The lowest BCUT2D eigenvalue weighted by molar-refractivity contribution is -0.150. The average Bonchev–Trinajstić information content (AvgIpc) is 2.74. The van der Waals surface area contributed by atoms with Crippen molar-refractivity contribution in [2.24, 2.45) is 23.2 Å². The van der Waals surface area contributed by atoms with Crippen molar-refractivity contribution in [3.8, 4) is 0 Å². The van der Waals surface area contributed by atoms with Crippen LogP contribution in [0.2, 0.25) is 0 Å². The Kier molecular flexibility index (Phi) is 7.10. The van der Waals surface area contributed by atoms with Gasteiger partial charge in [-0.2, -0.15) is 4.72 Å². The van der Waals surface area contributed by atoms with Gasteiger partial charge in [0.2, 0.25) is 10.0 Å². The minimum Gasteiger partial charge on any atom is -0.454 e. The lowest BCUT2D eigenvalue weighted by atomic mass is 9.48. The van der Waals surface area contributed by atoms with Gasteiger partial charge in [0.15, 0.2) is 6.61 Å². The highest BCUT2D eigenvalue weighted by molar-refractivity contribution is 7.89. The van der Waals surface area contributed by atoms with Gasteiger partial charge in [-0.15, -0.1) is 0 Å². The highest BCUT2D eigenvalue weighted by Crippen LogP contribution is 2.61. The molecule has 194 valence electrons. The van der Waals surface area contributed by atoms with E-state index in [-0.39, 0.29) is 22.3 Å². The van der Waals surface area contributed by atoms with Crippen molar-refractivity contribution < 1.29 is 22.7 Å². The van der Waals surface area contributed by atoms with Crippen LogP contribution in [0.15, 0.2) is 11.0 Å². The van der Waals surface area contributed by atoms with E-state index in [4.69, 9.17) is 4.74 Å². The van der Waals surface area contributed by atoms with E-state index in [1.165, 1.54) is 45.4 Å². The van der Waals surface area contributed by atoms with Crippen LogP contribution < -0.4 is 10.0 Å². The first-order chi connectivity index (χ1) is 16.3. The van der Waals surface area contributed by atoms with Crippen LogP contribution in [0, 0.1) is 50.9 Å². The maximum Gasteiger partial charge on any atom is 0.324 e. The molecule has 1 aromatic rings. The third kappa shape index (κ3) is 5.15. The Hall–Kier alpha value is -1.93. The number of hydrogen-bond acceptors (Lipinski definition) is 5. The molecule has 7 nitrogen and oxygen atoms in total. The van der Waals surface area contributed by atoms with Gasteiger partial charge in [-0.3, -0.25) is 9.59 Å². The first-order valence-corrected chi connectivity index (χ1v) is 14.4. The first kappa shape index (κ1) is 26.1. The van der Waals surface area contributed by atoms with Crippen LogP contribution in [-0.2, 0) is 24.3 Å². The standard InChI is InChI=1S/C27H40N2O5S/c1-15-7-16(2)18(4)25(17(15)3)35(32,33)29-19(5)26(31)34-14-24(30)28-20(6)27-11-21-8-22(12-27)10-23(9-21)13-27/h7,19-23,29H,8-14H2,1-6H3,(H,28,30)/t19-,20+,21?,22?,23?,27?/m0/s1. The molecular weight excluding hydrogens is 464 g/mol. The fourth-order valence-electron chi connectivity index (χ4n) is 7.33. The van der Waals surface area contributed by atoms with Gasteiger partial charge in [-0.25, -0.2) is 8.42 Å². The van der Waals surface area contributed by atoms with Gasteiger partial charge >= 0.3 is 5.97 Å². The lowest BCUT2D eigenvalue weighted by Gasteiger charge is -2.59. The number of nitrogens with one attached hydrogen (secondary N) is 2. The number of sulfonamides is 1. The summed E-state index contributed by atoms with van der Waals surface area (Å²) in [6.07, 6.45) is 7.55. The smallest absolute Gasteiger partial charge is 0.324 e. The number of hydrogen-bond donors (Lipinski definition) is 2. The lowest BCUT2D eigenvalue weighted by Crippen LogP contribution is -2.56. The van der Waals surface area contributed by atoms with E-state index in [0.717, 1.165) is 28.9 Å². The summed E-state index contributed by atoms with van der Waals surface area (Å²) in [6.45, 7) is 10.3. The number of aryl methyl sites for hydroxylation is 2. The van der Waals surface area contributed by atoms with E-state index in [2.05, 4.69) is 17.0 Å². The molecule has 5 rings (SSSR count). The third-order valence-corrected chi connectivity index (χ3v) is 10.8. The summed E-state index contributed by atoms with van der Waals surface area (Å²) in [7, 11) is -3.95. The summed E-state index contributed by atoms with van der Waals surface area (Å²) in [5.74, 6) is 1.26. The molecule has 0 aromatic heterocycles. The minimum atomic E-state index is -3.95. The van der Waals surface area contributed by atoms with E-state index < -0.39 is 28.6 Å². The molecule has 2 atom stereocenters. The molecule has 4 fully saturated rings. The number of rotatable bonds is 8. The van der Waals surface area contributed by atoms with Crippen LogP contribution in [0.5, 0.6) is 0 Å². The molecule has 1 amide bonds. The van der Waals surface area contributed by atoms with Gasteiger partial charge in [0.25, 0.3) is 5.91 Å². The number of carbonyl (C=O) groups is 2. The van der Waals surface area contributed by atoms with Crippen LogP contribution >= 0.6 is 0 Å². The quantitative estimate of drug-likeness (QED) is 0.524. The van der Waals surface area contributed by atoms with Gasteiger partial charge < -0.3 is 10.1 Å². The summed E-state index contributed by atoms with van der Waals surface area (Å²) in [4.78, 5) is 25.3. The molecule has 4 bridgehead atoms. The Morgan fingerprint density at radius 1 is 0.971 bits per heavy atom. The molecule has 8 heteroatoms. The molecule has 35 heavy (non-hydrogen) atoms. The molecule has 0 unspecified atom stereocenters. The van der Waals surface area contributed by atoms with Crippen molar-refractivity contribution >= 4 is 21.9 Å². The van der Waals surface area contributed by atoms with E-state index >= 15 is 0 Å². The molecule has 1 aromatic carbocycles. The van der Waals surface area contributed by atoms with E-state index in [9.17, 15) is 18.0 Å². The summed E-state index contributed by atoms with van der Waals surface area (Å²) in [6, 6.07) is 0.867. The van der Waals surface area contributed by atoms with Crippen LogP contribution in [0.3, 0.4) is 0 Å². The molecule has 0 heterocycles. The van der Waals surface area contributed by atoms with Crippen LogP contribution in [-0.4, -0.2) is 39.0 Å². The highest BCUT2D eigenvalue weighted by Gasteiger charge is 2.53. The molecule has 4 saturated carbocycles. The summed E-state index contributed by atoms with van der Waals surface area (Å²) < 4.78 is 33.8. The second-order valence-corrected chi connectivity index (χ2v) is 13.3. The van der Waals surface area contributed by atoms with E-state index in [1.807, 2.05) is 19.9 Å². The summed E-state index contributed by atoms with van der Waals surface area (Å²) in [5, 5.41) is 3.08.